The predicted octanol–water partition coefficient (Wildman–Crippen LogP) is 3.11. The van der Waals surface area contributed by atoms with Crippen molar-refractivity contribution < 1.29 is 23.9 Å². The van der Waals surface area contributed by atoms with E-state index in [4.69, 9.17) is 9.47 Å². The summed E-state index contributed by atoms with van der Waals surface area (Å²) in [7, 11) is 1.55. The number of ether oxygens (including phenoxy) is 2. The molecule has 3 rings (SSSR count). The molecule has 0 atom stereocenters. The summed E-state index contributed by atoms with van der Waals surface area (Å²) < 4.78 is 10.6. The molecule has 9 heteroatoms. The zero-order valence-corrected chi connectivity index (χ0v) is 18.7. The van der Waals surface area contributed by atoms with Gasteiger partial charge in [-0.1, -0.05) is 18.2 Å². The first-order chi connectivity index (χ1) is 16.4. The van der Waals surface area contributed by atoms with E-state index in [9.17, 15) is 14.4 Å². The van der Waals surface area contributed by atoms with Crippen molar-refractivity contribution in [1.29, 1.82) is 0 Å². The van der Waals surface area contributed by atoms with Crippen LogP contribution in [0.3, 0.4) is 0 Å². The van der Waals surface area contributed by atoms with Gasteiger partial charge in [0.05, 0.1) is 13.3 Å². The molecule has 0 aromatic heterocycles. The quantitative estimate of drug-likeness (QED) is 0.271. The Morgan fingerprint density at radius 3 is 2.26 bits per heavy atom. The second kappa shape index (κ2) is 11.8. The van der Waals surface area contributed by atoms with Crippen molar-refractivity contribution >= 4 is 35.3 Å². The van der Waals surface area contributed by atoms with Crippen molar-refractivity contribution in [2.45, 2.75) is 6.92 Å². The number of nitrogens with zero attached hydrogens (tertiary/aromatic N) is 1. The van der Waals surface area contributed by atoms with Crippen LogP contribution in [-0.2, 0) is 14.4 Å². The van der Waals surface area contributed by atoms with Gasteiger partial charge in [0.2, 0.25) is 0 Å². The van der Waals surface area contributed by atoms with Gasteiger partial charge in [0.1, 0.15) is 11.5 Å². The molecule has 0 heterocycles. The molecule has 3 aromatic rings. The van der Waals surface area contributed by atoms with Crippen molar-refractivity contribution in [3.63, 3.8) is 0 Å². The molecule has 0 bridgehead atoms. The van der Waals surface area contributed by atoms with E-state index >= 15 is 0 Å². The van der Waals surface area contributed by atoms with E-state index in [1.54, 1.807) is 73.8 Å². The number of aryl methyl sites for hydroxylation is 1. The van der Waals surface area contributed by atoms with E-state index in [0.29, 0.717) is 28.4 Å². The molecule has 3 amide bonds. The lowest BCUT2D eigenvalue weighted by Gasteiger charge is -2.08. The number of benzene rings is 3. The molecule has 0 saturated carbocycles. The standard InChI is InChI=1S/C25H24N4O5/c1-17-5-3-6-19(13-17)28-24(31)25(32)29-26-15-18-9-11-21(12-10-18)34-16-23(30)27-20-7-4-8-22(14-20)33-2/h3-15H,16H2,1-2H3,(H,27,30)(H,28,31)(H,29,32)/b26-15-. The van der Waals surface area contributed by atoms with Crippen LogP contribution in [0.2, 0.25) is 0 Å². The minimum Gasteiger partial charge on any atom is -0.497 e. The number of hydrazone groups is 1. The smallest absolute Gasteiger partial charge is 0.329 e. The number of carbonyl (C=O) groups is 3. The van der Waals surface area contributed by atoms with Gasteiger partial charge in [0, 0.05) is 17.4 Å². The van der Waals surface area contributed by atoms with Gasteiger partial charge in [-0.25, -0.2) is 5.43 Å². The molecule has 0 aliphatic heterocycles. The maximum Gasteiger partial charge on any atom is 0.329 e. The van der Waals surface area contributed by atoms with Crippen LogP contribution >= 0.6 is 0 Å². The molecule has 0 spiro atoms. The van der Waals surface area contributed by atoms with E-state index < -0.39 is 11.8 Å². The number of rotatable bonds is 8. The third kappa shape index (κ3) is 7.49. The summed E-state index contributed by atoms with van der Waals surface area (Å²) in [4.78, 5) is 35.9. The summed E-state index contributed by atoms with van der Waals surface area (Å²) in [5.74, 6) is -0.900. The van der Waals surface area contributed by atoms with Gasteiger partial charge in [0.25, 0.3) is 5.91 Å². The zero-order valence-electron chi connectivity index (χ0n) is 18.7. The van der Waals surface area contributed by atoms with Crippen molar-refractivity contribution in [2.75, 3.05) is 24.4 Å². The first kappa shape index (κ1) is 24.0. The average Bonchev–Trinajstić information content (AvgIpc) is 2.83. The third-order valence-electron chi connectivity index (χ3n) is 4.47. The molecule has 0 aliphatic carbocycles. The second-order valence-electron chi connectivity index (χ2n) is 7.16. The van der Waals surface area contributed by atoms with Crippen molar-refractivity contribution in [1.82, 2.24) is 5.43 Å². The fourth-order valence-electron chi connectivity index (χ4n) is 2.82. The van der Waals surface area contributed by atoms with E-state index in [2.05, 4.69) is 21.2 Å². The van der Waals surface area contributed by atoms with Crippen LogP contribution < -0.4 is 25.5 Å². The van der Waals surface area contributed by atoms with E-state index in [1.807, 2.05) is 13.0 Å². The molecule has 3 N–H and O–H groups in total. The maximum absolute atomic E-state index is 12.1. The highest BCUT2D eigenvalue weighted by molar-refractivity contribution is 6.39. The van der Waals surface area contributed by atoms with Gasteiger partial charge < -0.3 is 20.1 Å². The Morgan fingerprint density at radius 1 is 0.853 bits per heavy atom. The van der Waals surface area contributed by atoms with Crippen LogP contribution in [0.25, 0.3) is 0 Å². The first-order valence-electron chi connectivity index (χ1n) is 10.3. The number of hydrogen-bond donors (Lipinski definition) is 3. The number of amides is 3. The summed E-state index contributed by atoms with van der Waals surface area (Å²) in [5.41, 5.74) is 4.93. The molecule has 174 valence electrons. The Morgan fingerprint density at radius 2 is 1.56 bits per heavy atom. The van der Waals surface area contributed by atoms with Crippen LogP contribution in [0.15, 0.2) is 77.9 Å². The Labute approximate surface area is 196 Å². The fourth-order valence-corrected chi connectivity index (χ4v) is 2.82. The lowest BCUT2D eigenvalue weighted by Crippen LogP contribution is -2.32. The predicted molar refractivity (Wildman–Crippen MR) is 129 cm³/mol. The van der Waals surface area contributed by atoms with Gasteiger partial charge in [-0.05, 0) is 66.6 Å². The molecule has 3 aromatic carbocycles. The highest BCUT2D eigenvalue weighted by Crippen LogP contribution is 2.17. The van der Waals surface area contributed by atoms with Gasteiger partial charge in [0.15, 0.2) is 6.61 Å². The number of nitrogens with one attached hydrogen (secondary N) is 3. The molecule has 0 unspecified atom stereocenters. The molecular formula is C25H24N4O5. The van der Waals surface area contributed by atoms with E-state index in [-0.39, 0.29) is 12.5 Å². The normalized spacial score (nSPS) is 10.4. The SMILES string of the molecule is COc1cccc(NC(=O)COc2ccc(/C=N\NC(=O)C(=O)Nc3cccc(C)c3)cc2)c1. The zero-order chi connectivity index (χ0) is 24.3. The first-order valence-corrected chi connectivity index (χ1v) is 10.3. The fraction of sp³-hybridized carbons (Fsp3) is 0.120. The molecule has 0 fully saturated rings. The highest BCUT2D eigenvalue weighted by Gasteiger charge is 2.12. The third-order valence-corrected chi connectivity index (χ3v) is 4.47. The van der Waals surface area contributed by atoms with Gasteiger partial charge in [-0.3, -0.25) is 14.4 Å². The van der Waals surface area contributed by atoms with Crippen LogP contribution in [0.4, 0.5) is 11.4 Å². The Hall–Kier alpha value is -4.66. The second-order valence-corrected chi connectivity index (χ2v) is 7.16. The maximum atomic E-state index is 12.1. The highest BCUT2D eigenvalue weighted by atomic mass is 16.5. The lowest BCUT2D eigenvalue weighted by molar-refractivity contribution is -0.136. The van der Waals surface area contributed by atoms with Gasteiger partial charge in [-0.15, -0.1) is 0 Å². The minimum atomic E-state index is -0.889. The lowest BCUT2D eigenvalue weighted by atomic mass is 10.2. The van der Waals surface area contributed by atoms with E-state index in [0.717, 1.165) is 5.56 Å². The van der Waals surface area contributed by atoms with Crippen LogP contribution in [0, 0.1) is 6.92 Å². The summed E-state index contributed by atoms with van der Waals surface area (Å²) in [6.45, 7) is 1.71. The largest absolute Gasteiger partial charge is 0.497 e. The monoisotopic (exact) mass is 460 g/mol. The summed E-state index contributed by atoms with van der Waals surface area (Å²) >= 11 is 0. The Kier molecular flexibility index (Phi) is 8.34. The molecule has 0 radical (unpaired) electrons. The van der Waals surface area contributed by atoms with E-state index in [1.165, 1.54) is 6.21 Å². The van der Waals surface area contributed by atoms with Crippen LogP contribution in [0.1, 0.15) is 11.1 Å². The molecule has 34 heavy (non-hydrogen) atoms. The topological polar surface area (TPSA) is 118 Å². The Balaban J connectivity index is 1.43. The molecule has 0 aliphatic rings. The molecule has 0 saturated heterocycles. The molecular weight excluding hydrogens is 436 g/mol. The summed E-state index contributed by atoms with van der Waals surface area (Å²) in [5, 5.41) is 9.01. The number of hydrogen-bond acceptors (Lipinski definition) is 6. The average molecular weight is 460 g/mol. The van der Waals surface area contributed by atoms with Crippen LogP contribution in [0.5, 0.6) is 11.5 Å². The van der Waals surface area contributed by atoms with Crippen LogP contribution in [-0.4, -0.2) is 37.7 Å². The van der Waals surface area contributed by atoms with Crippen molar-refractivity contribution in [3.8, 4) is 11.5 Å². The Bertz CT molecular complexity index is 1190. The number of carbonyl (C=O) groups excluding carboxylic acids is 3. The van der Waals surface area contributed by atoms with Crippen molar-refractivity contribution in [3.05, 3.63) is 83.9 Å². The summed E-state index contributed by atoms with van der Waals surface area (Å²) in [6, 6.07) is 20.8. The summed E-state index contributed by atoms with van der Waals surface area (Å²) in [6.07, 6.45) is 1.39. The van der Waals surface area contributed by atoms with Gasteiger partial charge in [-0.2, -0.15) is 5.10 Å². The van der Waals surface area contributed by atoms with Crippen molar-refractivity contribution in [2.24, 2.45) is 5.10 Å². The number of methoxy groups -OCH3 is 1. The minimum absolute atomic E-state index is 0.170. The number of anilines is 2. The molecule has 9 nitrogen and oxygen atoms in total. The van der Waals surface area contributed by atoms with Gasteiger partial charge >= 0.3 is 11.8 Å².